The van der Waals surface area contributed by atoms with E-state index in [4.69, 9.17) is 23.2 Å². The predicted octanol–water partition coefficient (Wildman–Crippen LogP) is 4.28. The molecule has 2 rings (SSSR count). The molecule has 0 amide bonds. The van der Waals surface area contributed by atoms with Crippen molar-refractivity contribution in [1.29, 1.82) is 0 Å². The minimum atomic E-state index is -4.17. The quantitative estimate of drug-likeness (QED) is 0.879. The summed E-state index contributed by atoms with van der Waals surface area (Å²) >= 11 is 12.2. The molecule has 1 atom stereocenters. The standard InChI is InChI=1S/C14H17Cl2F3N2/c15-11-3-1-2-10(13(11)16)12(4-5-14(17,18)19)21-8-6-20-7-9-21/h1-3,12,20H,4-9H2/t12-/m1/s1. The minimum absolute atomic E-state index is 0.0104. The van der Waals surface area contributed by atoms with Crippen LogP contribution in [0.2, 0.25) is 10.0 Å². The van der Waals surface area contributed by atoms with Gasteiger partial charge in [-0.3, -0.25) is 4.90 Å². The molecule has 1 aliphatic rings. The van der Waals surface area contributed by atoms with Crippen LogP contribution in [0.5, 0.6) is 0 Å². The first kappa shape index (κ1) is 16.9. The smallest absolute Gasteiger partial charge is 0.314 e. The van der Waals surface area contributed by atoms with Crippen molar-refractivity contribution in [2.24, 2.45) is 0 Å². The van der Waals surface area contributed by atoms with E-state index in [0.29, 0.717) is 28.7 Å². The number of hydrogen-bond donors (Lipinski definition) is 1. The summed E-state index contributed by atoms with van der Waals surface area (Å²) in [5, 5.41) is 3.92. The maximum Gasteiger partial charge on any atom is 0.389 e. The second kappa shape index (κ2) is 7.18. The van der Waals surface area contributed by atoms with E-state index in [0.717, 1.165) is 13.1 Å². The van der Waals surface area contributed by atoms with E-state index in [9.17, 15) is 13.2 Å². The molecular weight excluding hydrogens is 324 g/mol. The van der Waals surface area contributed by atoms with Gasteiger partial charge in [0.15, 0.2) is 0 Å². The number of rotatable bonds is 4. The SMILES string of the molecule is FC(F)(F)CC[C@H](c1cccc(Cl)c1Cl)N1CCNCC1. The van der Waals surface area contributed by atoms with E-state index >= 15 is 0 Å². The summed E-state index contributed by atoms with van der Waals surface area (Å²) in [7, 11) is 0. The predicted molar refractivity (Wildman–Crippen MR) is 78.9 cm³/mol. The van der Waals surface area contributed by atoms with E-state index in [1.807, 2.05) is 4.90 Å². The van der Waals surface area contributed by atoms with Crippen molar-refractivity contribution in [2.75, 3.05) is 26.2 Å². The fraction of sp³-hybridized carbons (Fsp3) is 0.571. The second-order valence-electron chi connectivity index (χ2n) is 5.10. The molecule has 1 aromatic rings. The Kier molecular flexibility index (Phi) is 5.77. The van der Waals surface area contributed by atoms with Crippen molar-refractivity contribution in [2.45, 2.75) is 25.1 Å². The Balaban J connectivity index is 2.23. The fourth-order valence-electron chi connectivity index (χ4n) is 2.61. The second-order valence-corrected chi connectivity index (χ2v) is 5.88. The number of alkyl halides is 3. The number of hydrogen-bond acceptors (Lipinski definition) is 2. The molecule has 1 heterocycles. The molecule has 0 bridgehead atoms. The zero-order valence-corrected chi connectivity index (χ0v) is 12.9. The third kappa shape index (κ3) is 4.74. The number of piperazine rings is 1. The van der Waals surface area contributed by atoms with Crippen LogP contribution in [0, 0.1) is 0 Å². The van der Waals surface area contributed by atoms with Gasteiger partial charge in [-0.05, 0) is 18.1 Å². The monoisotopic (exact) mass is 340 g/mol. The number of benzene rings is 1. The van der Waals surface area contributed by atoms with Gasteiger partial charge < -0.3 is 5.32 Å². The van der Waals surface area contributed by atoms with Gasteiger partial charge in [-0.1, -0.05) is 35.3 Å². The zero-order chi connectivity index (χ0) is 15.5. The highest BCUT2D eigenvalue weighted by atomic mass is 35.5. The number of halogens is 5. The van der Waals surface area contributed by atoms with E-state index in [-0.39, 0.29) is 12.5 Å². The largest absolute Gasteiger partial charge is 0.389 e. The van der Waals surface area contributed by atoms with Crippen molar-refractivity contribution >= 4 is 23.2 Å². The van der Waals surface area contributed by atoms with Gasteiger partial charge in [-0.25, -0.2) is 0 Å². The van der Waals surface area contributed by atoms with Crippen LogP contribution in [-0.4, -0.2) is 37.3 Å². The molecule has 7 heteroatoms. The first-order chi connectivity index (χ1) is 9.88. The Labute approximate surface area is 132 Å². The molecule has 21 heavy (non-hydrogen) atoms. The Morgan fingerprint density at radius 1 is 1.19 bits per heavy atom. The van der Waals surface area contributed by atoms with Crippen molar-refractivity contribution in [3.8, 4) is 0 Å². The van der Waals surface area contributed by atoms with Crippen LogP contribution in [-0.2, 0) is 0 Å². The number of nitrogens with one attached hydrogen (secondary N) is 1. The summed E-state index contributed by atoms with van der Waals surface area (Å²) in [6.45, 7) is 2.93. The highest BCUT2D eigenvalue weighted by Crippen LogP contribution is 2.37. The maximum atomic E-state index is 12.6. The fourth-order valence-corrected chi connectivity index (χ4v) is 3.04. The van der Waals surface area contributed by atoms with Gasteiger partial charge in [0.2, 0.25) is 0 Å². The Morgan fingerprint density at radius 2 is 1.86 bits per heavy atom. The van der Waals surface area contributed by atoms with E-state index < -0.39 is 12.6 Å². The third-order valence-corrected chi connectivity index (χ3v) is 4.47. The Morgan fingerprint density at radius 3 is 2.48 bits per heavy atom. The van der Waals surface area contributed by atoms with E-state index in [1.165, 1.54) is 0 Å². The van der Waals surface area contributed by atoms with Crippen LogP contribution >= 0.6 is 23.2 Å². The van der Waals surface area contributed by atoms with E-state index in [2.05, 4.69) is 5.32 Å². The zero-order valence-electron chi connectivity index (χ0n) is 11.4. The van der Waals surface area contributed by atoms with Crippen molar-refractivity contribution in [3.63, 3.8) is 0 Å². The van der Waals surface area contributed by atoms with Crippen LogP contribution in [0.25, 0.3) is 0 Å². The molecule has 1 fully saturated rings. The summed E-state index contributed by atoms with van der Waals surface area (Å²) in [5.41, 5.74) is 0.676. The molecule has 2 nitrogen and oxygen atoms in total. The third-order valence-electron chi connectivity index (χ3n) is 3.63. The van der Waals surface area contributed by atoms with E-state index in [1.54, 1.807) is 18.2 Å². The summed E-state index contributed by atoms with van der Waals surface area (Å²) in [6, 6.07) is 4.77. The Hall–Kier alpha value is -0.490. The summed E-state index contributed by atoms with van der Waals surface area (Å²) in [4.78, 5) is 2.04. The minimum Gasteiger partial charge on any atom is -0.314 e. The van der Waals surface area contributed by atoms with Gasteiger partial charge >= 0.3 is 6.18 Å². The molecule has 1 aromatic carbocycles. The average Bonchev–Trinajstić information content (AvgIpc) is 2.43. The first-order valence-corrected chi connectivity index (χ1v) is 7.59. The van der Waals surface area contributed by atoms with Gasteiger partial charge in [0.05, 0.1) is 10.0 Å². The first-order valence-electron chi connectivity index (χ1n) is 6.84. The molecule has 1 aliphatic heterocycles. The molecule has 0 saturated carbocycles. The van der Waals surface area contributed by atoms with Gasteiger partial charge in [-0.2, -0.15) is 13.2 Å². The van der Waals surface area contributed by atoms with Crippen LogP contribution in [0.4, 0.5) is 13.2 Å². The van der Waals surface area contributed by atoms with Crippen molar-refractivity contribution in [3.05, 3.63) is 33.8 Å². The maximum absolute atomic E-state index is 12.6. The lowest BCUT2D eigenvalue weighted by Gasteiger charge is -2.36. The Bertz CT molecular complexity index is 474. The van der Waals surface area contributed by atoms with Gasteiger partial charge in [0.25, 0.3) is 0 Å². The molecule has 1 saturated heterocycles. The summed E-state index contributed by atoms with van der Waals surface area (Å²) < 4.78 is 37.8. The molecule has 118 valence electrons. The van der Waals surface area contributed by atoms with Gasteiger partial charge in [0, 0.05) is 38.6 Å². The molecule has 0 aromatic heterocycles. The van der Waals surface area contributed by atoms with Gasteiger partial charge in [-0.15, -0.1) is 0 Å². The summed E-state index contributed by atoms with van der Waals surface area (Å²) in [6.07, 6.45) is -5.01. The van der Waals surface area contributed by atoms with Crippen molar-refractivity contribution < 1.29 is 13.2 Å². The van der Waals surface area contributed by atoms with Crippen LogP contribution in [0.15, 0.2) is 18.2 Å². The van der Waals surface area contributed by atoms with Crippen LogP contribution < -0.4 is 5.32 Å². The van der Waals surface area contributed by atoms with Gasteiger partial charge in [0.1, 0.15) is 0 Å². The topological polar surface area (TPSA) is 15.3 Å². The normalized spacial score (nSPS) is 18.7. The number of nitrogens with zero attached hydrogens (tertiary/aromatic N) is 1. The molecule has 0 radical (unpaired) electrons. The molecule has 0 unspecified atom stereocenters. The summed E-state index contributed by atoms with van der Waals surface area (Å²) in [5.74, 6) is 0. The molecule has 1 N–H and O–H groups in total. The highest BCUT2D eigenvalue weighted by molar-refractivity contribution is 6.42. The lowest BCUT2D eigenvalue weighted by Crippen LogP contribution is -2.45. The molecule has 0 aliphatic carbocycles. The highest BCUT2D eigenvalue weighted by Gasteiger charge is 2.32. The van der Waals surface area contributed by atoms with Crippen LogP contribution in [0.1, 0.15) is 24.4 Å². The van der Waals surface area contributed by atoms with Crippen molar-refractivity contribution in [1.82, 2.24) is 10.2 Å². The lowest BCUT2D eigenvalue weighted by molar-refractivity contribution is -0.138. The average molecular weight is 341 g/mol. The van der Waals surface area contributed by atoms with Crippen LogP contribution in [0.3, 0.4) is 0 Å². The molecule has 0 spiro atoms. The lowest BCUT2D eigenvalue weighted by atomic mass is 9.99. The molecular formula is C14H17Cl2F3N2.